The number of rotatable bonds is 10. The van der Waals surface area contributed by atoms with E-state index in [4.69, 9.17) is 9.97 Å². The Labute approximate surface area is 239 Å². The van der Waals surface area contributed by atoms with Crippen molar-refractivity contribution in [1.29, 1.82) is 0 Å². The standard InChI is InChI=1S/C30H41F2N7O2/c1-3-5-16-38(4-2)28(41)19-6-11-22(12-7-19)39-27-26(36-30(39)35-25-15-8-20(31)17-24(25)32)18-33-29(37-27)34-21-9-13-23(40)14-10-21/h8,15,17-19,21-23,40H,3-7,9-14,16H2,1-2H3,(H,35,36)(H,33,34,37)/t19-,21-,22+,23-. The minimum absolute atomic E-state index is 0.00615. The van der Waals surface area contributed by atoms with Gasteiger partial charge in [-0.15, -0.1) is 0 Å². The Hall–Kier alpha value is -3.34. The van der Waals surface area contributed by atoms with Crippen molar-refractivity contribution in [2.45, 2.75) is 96.2 Å². The average molecular weight is 570 g/mol. The molecule has 2 heterocycles. The largest absolute Gasteiger partial charge is 0.393 e. The lowest BCUT2D eigenvalue weighted by Crippen LogP contribution is -2.38. The van der Waals surface area contributed by atoms with Crippen LogP contribution < -0.4 is 10.6 Å². The first-order chi connectivity index (χ1) is 19.9. The molecule has 0 saturated heterocycles. The van der Waals surface area contributed by atoms with E-state index >= 15 is 0 Å². The number of amides is 1. The molecule has 2 saturated carbocycles. The number of fused-ring (bicyclic) bond motifs is 1. The molecule has 0 spiro atoms. The van der Waals surface area contributed by atoms with E-state index in [0.717, 1.165) is 83.4 Å². The highest BCUT2D eigenvalue weighted by atomic mass is 19.1. The van der Waals surface area contributed by atoms with E-state index in [2.05, 4.69) is 22.5 Å². The Balaban J connectivity index is 1.41. The number of nitrogens with one attached hydrogen (secondary N) is 2. The van der Waals surface area contributed by atoms with Crippen molar-refractivity contribution in [2.75, 3.05) is 23.7 Å². The van der Waals surface area contributed by atoms with Gasteiger partial charge < -0.3 is 20.6 Å². The van der Waals surface area contributed by atoms with Crippen LogP contribution in [0.1, 0.15) is 84.1 Å². The third-order valence-electron chi connectivity index (χ3n) is 8.53. The molecule has 41 heavy (non-hydrogen) atoms. The van der Waals surface area contributed by atoms with Crippen LogP contribution in [0.4, 0.5) is 26.4 Å². The molecule has 0 bridgehead atoms. The number of aliphatic hydroxyl groups is 1. The summed E-state index contributed by atoms with van der Waals surface area (Å²) in [4.78, 5) is 29.2. The van der Waals surface area contributed by atoms with Gasteiger partial charge in [0.2, 0.25) is 17.8 Å². The predicted molar refractivity (Wildman–Crippen MR) is 155 cm³/mol. The summed E-state index contributed by atoms with van der Waals surface area (Å²) in [5.74, 6) is -0.257. The molecule has 2 aliphatic rings. The zero-order valence-corrected chi connectivity index (χ0v) is 24.0. The Kier molecular flexibility index (Phi) is 9.32. The average Bonchev–Trinajstić information content (AvgIpc) is 3.33. The zero-order chi connectivity index (χ0) is 28.9. The second kappa shape index (κ2) is 13.1. The molecule has 1 amide bonds. The number of unbranched alkanes of at least 4 members (excludes halogenated alkanes) is 1. The molecule has 5 rings (SSSR count). The highest BCUT2D eigenvalue weighted by Crippen LogP contribution is 2.38. The van der Waals surface area contributed by atoms with Gasteiger partial charge in [-0.05, 0) is 76.8 Å². The molecule has 0 aliphatic heterocycles. The number of carbonyl (C=O) groups is 1. The second-order valence-corrected chi connectivity index (χ2v) is 11.4. The molecule has 222 valence electrons. The van der Waals surface area contributed by atoms with Gasteiger partial charge in [0.15, 0.2) is 5.65 Å². The lowest BCUT2D eigenvalue weighted by molar-refractivity contribution is -0.136. The highest BCUT2D eigenvalue weighted by molar-refractivity contribution is 5.79. The van der Waals surface area contributed by atoms with Crippen LogP contribution in [0.15, 0.2) is 24.4 Å². The number of carbonyl (C=O) groups excluding carboxylic acids is 1. The van der Waals surface area contributed by atoms with Crippen LogP contribution in [0.5, 0.6) is 0 Å². The Morgan fingerprint density at radius 2 is 1.83 bits per heavy atom. The van der Waals surface area contributed by atoms with Crippen molar-refractivity contribution in [1.82, 2.24) is 24.4 Å². The van der Waals surface area contributed by atoms with Gasteiger partial charge in [-0.3, -0.25) is 9.36 Å². The summed E-state index contributed by atoms with van der Waals surface area (Å²) in [7, 11) is 0. The summed E-state index contributed by atoms with van der Waals surface area (Å²) in [6.45, 7) is 5.67. The van der Waals surface area contributed by atoms with E-state index in [1.54, 1.807) is 6.20 Å². The molecule has 0 unspecified atom stereocenters. The van der Waals surface area contributed by atoms with E-state index in [-0.39, 0.29) is 35.7 Å². The smallest absolute Gasteiger partial charge is 0.225 e. The fourth-order valence-electron chi connectivity index (χ4n) is 6.12. The molecule has 2 aliphatic carbocycles. The number of halogens is 2. The Morgan fingerprint density at radius 1 is 1.07 bits per heavy atom. The number of benzene rings is 1. The van der Waals surface area contributed by atoms with Crippen molar-refractivity contribution >= 4 is 34.7 Å². The maximum atomic E-state index is 14.6. The van der Waals surface area contributed by atoms with Crippen molar-refractivity contribution in [3.05, 3.63) is 36.0 Å². The third kappa shape index (κ3) is 6.77. The van der Waals surface area contributed by atoms with Crippen LogP contribution in [-0.2, 0) is 4.79 Å². The maximum Gasteiger partial charge on any atom is 0.225 e. The molecule has 2 aromatic heterocycles. The molecule has 0 atom stereocenters. The van der Waals surface area contributed by atoms with Crippen LogP contribution in [0.3, 0.4) is 0 Å². The molecule has 3 N–H and O–H groups in total. The number of aromatic nitrogens is 4. The summed E-state index contributed by atoms with van der Waals surface area (Å²) >= 11 is 0. The summed E-state index contributed by atoms with van der Waals surface area (Å²) in [6, 6.07) is 3.57. The van der Waals surface area contributed by atoms with Gasteiger partial charge in [0.1, 0.15) is 17.2 Å². The van der Waals surface area contributed by atoms with E-state index in [9.17, 15) is 18.7 Å². The van der Waals surface area contributed by atoms with Crippen molar-refractivity contribution in [3.8, 4) is 0 Å². The highest BCUT2D eigenvalue weighted by Gasteiger charge is 2.32. The molecular formula is C30H41F2N7O2. The van der Waals surface area contributed by atoms with E-state index in [0.29, 0.717) is 23.1 Å². The fourth-order valence-corrected chi connectivity index (χ4v) is 6.12. The van der Waals surface area contributed by atoms with Gasteiger partial charge in [0, 0.05) is 37.2 Å². The molecule has 9 nitrogen and oxygen atoms in total. The molecule has 1 aromatic carbocycles. The van der Waals surface area contributed by atoms with Crippen LogP contribution >= 0.6 is 0 Å². The number of hydrogen-bond donors (Lipinski definition) is 3. The van der Waals surface area contributed by atoms with Gasteiger partial charge >= 0.3 is 0 Å². The van der Waals surface area contributed by atoms with Gasteiger partial charge in [-0.25, -0.2) is 18.7 Å². The molecule has 0 radical (unpaired) electrons. The van der Waals surface area contributed by atoms with Crippen LogP contribution in [0.2, 0.25) is 0 Å². The van der Waals surface area contributed by atoms with Gasteiger partial charge in [-0.2, -0.15) is 4.98 Å². The first-order valence-corrected chi connectivity index (χ1v) is 15.1. The van der Waals surface area contributed by atoms with Crippen LogP contribution in [-0.4, -0.2) is 60.7 Å². The SMILES string of the molecule is CCCCN(CC)C(=O)[C@H]1CC[C@@H](n2c(Nc3ccc(F)cc3F)nc3cnc(N[C@H]4CC[C@H](O)CC4)nc32)CC1. The first kappa shape index (κ1) is 29.2. The number of anilines is 3. The molecule has 2 fully saturated rings. The normalized spacial score (nSPS) is 23.0. The topological polar surface area (TPSA) is 108 Å². The first-order valence-electron chi connectivity index (χ1n) is 15.1. The van der Waals surface area contributed by atoms with Crippen molar-refractivity contribution in [3.63, 3.8) is 0 Å². The van der Waals surface area contributed by atoms with E-state index in [1.807, 2.05) is 16.4 Å². The van der Waals surface area contributed by atoms with Crippen molar-refractivity contribution < 1.29 is 18.7 Å². The van der Waals surface area contributed by atoms with Crippen LogP contribution in [0, 0.1) is 17.6 Å². The van der Waals surface area contributed by atoms with Crippen molar-refractivity contribution in [2.24, 2.45) is 5.92 Å². The number of aliphatic hydroxyl groups excluding tert-OH is 1. The van der Waals surface area contributed by atoms with Crippen LogP contribution in [0.25, 0.3) is 11.2 Å². The van der Waals surface area contributed by atoms with Gasteiger partial charge in [-0.1, -0.05) is 13.3 Å². The number of imidazole rings is 1. The number of nitrogens with zero attached hydrogens (tertiary/aromatic N) is 5. The van der Waals surface area contributed by atoms with E-state index < -0.39 is 11.6 Å². The zero-order valence-electron chi connectivity index (χ0n) is 24.0. The van der Waals surface area contributed by atoms with Gasteiger partial charge in [0.05, 0.1) is 18.0 Å². The minimum Gasteiger partial charge on any atom is -0.393 e. The summed E-state index contributed by atoms with van der Waals surface area (Å²) in [6.07, 6.45) is 9.61. The predicted octanol–water partition coefficient (Wildman–Crippen LogP) is 5.94. The minimum atomic E-state index is -0.711. The quantitative estimate of drug-likeness (QED) is 0.277. The van der Waals surface area contributed by atoms with E-state index in [1.165, 1.54) is 12.1 Å². The lowest BCUT2D eigenvalue weighted by Gasteiger charge is -2.33. The maximum absolute atomic E-state index is 14.6. The monoisotopic (exact) mass is 569 g/mol. The summed E-state index contributed by atoms with van der Waals surface area (Å²) in [5, 5.41) is 16.3. The molecule has 11 heteroatoms. The second-order valence-electron chi connectivity index (χ2n) is 11.4. The molecular weight excluding hydrogens is 528 g/mol. The lowest BCUT2D eigenvalue weighted by atomic mass is 9.85. The molecule has 3 aromatic rings. The van der Waals surface area contributed by atoms with Gasteiger partial charge in [0.25, 0.3) is 0 Å². The fraction of sp³-hybridized carbons (Fsp3) is 0.600. The summed E-state index contributed by atoms with van der Waals surface area (Å²) in [5.41, 5.74) is 1.30. The third-order valence-corrected chi connectivity index (χ3v) is 8.53. The number of hydrogen-bond acceptors (Lipinski definition) is 7. The Morgan fingerprint density at radius 3 is 2.51 bits per heavy atom. The summed E-state index contributed by atoms with van der Waals surface area (Å²) < 4.78 is 30.2. The Bertz CT molecular complexity index is 1330.